The Morgan fingerprint density at radius 1 is 0.852 bits per heavy atom. The third-order valence-corrected chi connectivity index (χ3v) is 3.53. The van der Waals surface area contributed by atoms with E-state index in [-0.39, 0.29) is 43.5 Å². The molecule has 0 fully saturated rings. The molecule has 2 rings (SSSR count). The highest BCUT2D eigenvalue weighted by Gasteiger charge is 2.30. The zero-order chi connectivity index (χ0) is 19.7. The molecule has 0 saturated carbocycles. The predicted octanol–water partition coefficient (Wildman–Crippen LogP) is 2.95. The number of carbonyl (C=O) groups excluding carboxylic acids is 2. The predicted molar refractivity (Wildman–Crippen MR) is 92.7 cm³/mol. The molecular weight excluding hydrogens is 361 g/mol. The van der Waals surface area contributed by atoms with Gasteiger partial charge in [0.1, 0.15) is 5.75 Å². The Hall–Kier alpha value is -3.03. The van der Waals surface area contributed by atoms with Gasteiger partial charge in [-0.15, -0.1) is 13.2 Å². The van der Waals surface area contributed by atoms with E-state index < -0.39 is 6.36 Å². The maximum atomic E-state index is 12.1. The Labute approximate surface area is 154 Å². The number of halogens is 3. The van der Waals surface area contributed by atoms with Gasteiger partial charge in [-0.2, -0.15) is 0 Å². The van der Waals surface area contributed by atoms with E-state index in [9.17, 15) is 22.8 Å². The van der Waals surface area contributed by atoms with Crippen molar-refractivity contribution in [1.82, 2.24) is 10.6 Å². The van der Waals surface area contributed by atoms with Crippen molar-refractivity contribution in [3.05, 3.63) is 65.7 Å². The molecule has 2 aromatic carbocycles. The lowest BCUT2D eigenvalue weighted by Gasteiger charge is -2.10. The molecule has 2 aromatic rings. The number of benzene rings is 2. The third-order valence-electron chi connectivity index (χ3n) is 3.53. The molecule has 0 spiro atoms. The van der Waals surface area contributed by atoms with Crippen LogP contribution in [0.4, 0.5) is 13.2 Å². The van der Waals surface area contributed by atoms with Crippen LogP contribution < -0.4 is 15.4 Å². The molecule has 0 aliphatic rings. The number of alkyl halides is 3. The fourth-order valence-corrected chi connectivity index (χ4v) is 2.26. The van der Waals surface area contributed by atoms with E-state index in [2.05, 4.69) is 15.4 Å². The van der Waals surface area contributed by atoms with Crippen LogP contribution in [0.5, 0.6) is 5.75 Å². The Morgan fingerprint density at radius 2 is 1.52 bits per heavy atom. The summed E-state index contributed by atoms with van der Waals surface area (Å²) >= 11 is 0. The lowest BCUT2D eigenvalue weighted by Crippen LogP contribution is -2.31. The van der Waals surface area contributed by atoms with Crippen LogP contribution in [0.25, 0.3) is 0 Å². The third kappa shape index (κ3) is 8.26. The van der Waals surface area contributed by atoms with Gasteiger partial charge < -0.3 is 15.4 Å². The van der Waals surface area contributed by atoms with Crippen LogP contribution in [0.3, 0.4) is 0 Å². The SMILES string of the molecule is O=C(CCNC(=O)Cc1ccccc1)NCc1ccc(OC(F)(F)F)cc1. The van der Waals surface area contributed by atoms with Gasteiger partial charge in [-0.1, -0.05) is 42.5 Å². The average Bonchev–Trinajstić information content (AvgIpc) is 2.61. The first-order valence-electron chi connectivity index (χ1n) is 8.24. The number of carbonyl (C=O) groups is 2. The van der Waals surface area contributed by atoms with Crippen molar-refractivity contribution in [2.75, 3.05) is 6.54 Å². The molecule has 0 bridgehead atoms. The van der Waals surface area contributed by atoms with Gasteiger partial charge in [0, 0.05) is 19.5 Å². The summed E-state index contributed by atoms with van der Waals surface area (Å²) < 4.78 is 40.0. The number of hydrogen-bond donors (Lipinski definition) is 2. The summed E-state index contributed by atoms with van der Waals surface area (Å²) in [6.45, 7) is 0.374. The monoisotopic (exact) mass is 380 g/mol. The summed E-state index contributed by atoms with van der Waals surface area (Å²) in [6.07, 6.45) is -4.38. The standard InChI is InChI=1S/C19H19F3N2O3/c20-19(21,22)27-16-8-6-15(7-9-16)13-24-17(25)10-11-23-18(26)12-14-4-2-1-3-5-14/h1-9H,10-13H2,(H,23,26)(H,24,25). The van der Waals surface area contributed by atoms with Crippen molar-refractivity contribution in [2.24, 2.45) is 0 Å². The van der Waals surface area contributed by atoms with E-state index in [1.165, 1.54) is 24.3 Å². The first-order valence-corrected chi connectivity index (χ1v) is 8.24. The van der Waals surface area contributed by atoms with E-state index in [0.717, 1.165) is 5.56 Å². The van der Waals surface area contributed by atoms with Crippen molar-refractivity contribution in [1.29, 1.82) is 0 Å². The highest BCUT2D eigenvalue weighted by molar-refractivity contribution is 5.80. The molecule has 0 saturated heterocycles. The summed E-state index contributed by atoms with van der Waals surface area (Å²) in [5.74, 6) is -0.765. The molecule has 0 aromatic heterocycles. The summed E-state index contributed by atoms with van der Waals surface area (Å²) in [5, 5.41) is 5.30. The highest BCUT2D eigenvalue weighted by atomic mass is 19.4. The van der Waals surface area contributed by atoms with Crippen LogP contribution in [0.15, 0.2) is 54.6 Å². The summed E-state index contributed by atoms with van der Waals surface area (Å²) in [5.41, 5.74) is 1.52. The lowest BCUT2D eigenvalue weighted by atomic mass is 10.1. The van der Waals surface area contributed by atoms with Gasteiger partial charge in [-0.05, 0) is 23.3 Å². The molecule has 2 amide bonds. The van der Waals surface area contributed by atoms with E-state index >= 15 is 0 Å². The molecule has 144 valence electrons. The number of nitrogens with one attached hydrogen (secondary N) is 2. The van der Waals surface area contributed by atoms with Crippen molar-refractivity contribution >= 4 is 11.8 Å². The van der Waals surface area contributed by atoms with Crippen molar-refractivity contribution < 1.29 is 27.5 Å². The summed E-state index contributed by atoms with van der Waals surface area (Å²) in [4.78, 5) is 23.5. The fraction of sp³-hybridized carbons (Fsp3) is 0.263. The van der Waals surface area contributed by atoms with Gasteiger partial charge in [-0.3, -0.25) is 9.59 Å². The van der Waals surface area contributed by atoms with E-state index in [1.54, 1.807) is 0 Å². The quantitative estimate of drug-likeness (QED) is 0.740. The summed E-state index contributed by atoms with van der Waals surface area (Å²) in [6, 6.07) is 14.5. The topological polar surface area (TPSA) is 67.4 Å². The largest absolute Gasteiger partial charge is 0.573 e. The smallest absolute Gasteiger partial charge is 0.406 e. The maximum Gasteiger partial charge on any atom is 0.573 e. The van der Waals surface area contributed by atoms with Crippen LogP contribution in [0.1, 0.15) is 17.5 Å². The Morgan fingerprint density at radius 3 is 2.15 bits per heavy atom. The molecule has 0 heterocycles. The van der Waals surface area contributed by atoms with Gasteiger partial charge in [0.05, 0.1) is 6.42 Å². The van der Waals surface area contributed by atoms with Crippen LogP contribution in [-0.4, -0.2) is 24.7 Å². The van der Waals surface area contributed by atoms with E-state index in [1.807, 2.05) is 30.3 Å². The first-order chi connectivity index (χ1) is 12.8. The van der Waals surface area contributed by atoms with E-state index in [0.29, 0.717) is 5.56 Å². The van der Waals surface area contributed by atoms with Crippen LogP contribution in [0.2, 0.25) is 0 Å². The molecule has 0 unspecified atom stereocenters. The van der Waals surface area contributed by atoms with Gasteiger partial charge in [0.2, 0.25) is 11.8 Å². The minimum Gasteiger partial charge on any atom is -0.406 e. The molecule has 0 radical (unpaired) electrons. The number of hydrogen-bond acceptors (Lipinski definition) is 3. The van der Waals surface area contributed by atoms with Crippen molar-refractivity contribution in [2.45, 2.75) is 25.7 Å². The zero-order valence-electron chi connectivity index (χ0n) is 14.4. The van der Waals surface area contributed by atoms with Crippen LogP contribution >= 0.6 is 0 Å². The molecule has 0 aliphatic heterocycles. The maximum absolute atomic E-state index is 12.1. The Kier molecular flexibility index (Phi) is 7.22. The minimum atomic E-state index is -4.74. The Balaban J connectivity index is 1.65. The zero-order valence-corrected chi connectivity index (χ0v) is 14.4. The number of ether oxygens (including phenoxy) is 1. The Bertz CT molecular complexity index is 747. The van der Waals surface area contributed by atoms with Crippen molar-refractivity contribution in [3.8, 4) is 5.75 Å². The molecule has 0 aliphatic carbocycles. The normalized spacial score (nSPS) is 10.9. The molecule has 0 atom stereocenters. The van der Waals surface area contributed by atoms with Crippen molar-refractivity contribution in [3.63, 3.8) is 0 Å². The number of rotatable bonds is 8. The molecule has 27 heavy (non-hydrogen) atoms. The van der Waals surface area contributed by atoms with Gasteiger partial charge in [0.15, 0.2) is 0 Å². The molecule has 2 N–H and O–H groups in total. The molecule has 8 heteroatoms. The van der Waals surface area contributed by atoms with Gasteiger partial charge in [0.25, 0.3) is 0 Å². The van der Waals surface area contributed by atoms with E-state index in [4.69, 9.17) is 0 Å². The second-order valence-corrected chi connectivity index (χ2v) is 5.73. The van der Waals surface area contributed by atoms with Gasteiger partial charge >= 0.3 is 6.36 Å². The summed E-state index contributed by atoms with van der Waals surface area (Å²) in [7, 11) is 0. The average molecular weight is 380 g/mol. The number of amides is 2. The highest BCUT2D eigenvalue weighted by Crippen LogP contribution is 2.22. The first kappa shape index (κ1) is 20.3. The van der Waals surface area contributed by atoms with Gasteiger partial charge in [-0.25, -0.2) is 0 Å². The fourth-order valence-electron chi connectivity index (χ4n) is 2.26. The van der Waals surface area contributed by atoms with Crippen LogP contribution in [0, 0.1) is 0 Å². The second kappa shape index (κ2) is 9.61. The molecular formula is C19H19F3N2O3. The second-order valence-electron chi connectivity index (χ2n) is 5.73. The molecule has 5 nitrogen and oxygen atoms in total. The lowest BCUT2D eigenvalue weighted by molar-refractivity contribution is -0.274. The van der Waals surface area contributed by atoms with Crippen LogP contribution in [-0.2, 0) is 22.6 Å². The minimum absolute atomic E-state index is 0.107.